The molecule has 1 fully saturated rings. The second-order valence-electron chi connectivity index (χ2n) is 5.00. The standard InChI is InChI=1S/C13H16N4O3S.ClH/c14-21(19,20)17-7-5-16(6-8-17)12-9-13(18)15-11-4-2-1-3-10(11)12;/h1-4,9H,5-8H2,(H,15,18)(H2,14,19,20);1H. The molecule has 0 spiro atoms. The molecule has 7 nitrogen and oxygen atoms in total. The number of fused-ring (bicyclic) bond motifs is 1. The van der Waals surface area contributed by atoms with Gasteiger partial charge in [-0.1, -0.05) is 18.2 Å². The van der Waals surface area contributed by atoms with Crippen molar-refractivity contribution in [3.05, 3.63) is 40.7 Å². The summed E-state index contributed by atoms with van der Waals surface area (Å²) in [5.74, 6) is 0. The fourth-order valence-electron chi connectivity index (χ4n) is 2.63. The van der Waals surface area contributed by atoms with Crippen LogP contribution in [0.4, 0.5) is 5.69 Å². The maximum absolute atomic E-state index is 11.8. The molecule has 0 unspecified atom stereocenters. The number of para-hydroxylation sites is 1. The molecule has 0 amide bonds. The Kier molecular flexibility index (Phi) is 4.76. The van der Waals surface area contributed by atoms with Gasteiger partial charge in [-0.25, -0.2) is 5.14 Å². The van der Waals surface area contributed by atoms with Crippen LogP contribution in [0.2, 0.25) is 0 Å². The van der Waals surface area contributed by atoms with E-state index >= 15 is 0 Å². The van der Waals surface area contributed by atoms with Gasteiger partial charge in [-0.3, -0.25) is 4.79 Å². The lowest BCUT2D eigenvalue weighted by atomic mass is 10.1. The minimum atomic E-state index is -3.64. The first-order valence-corrected chi connectivity index (χ1v) is 8.10. The molecule has 120 valence electrons. The van der Waals surface area contributed by atoms with Crippen molar-refractivity contribution in [1.29, 1.82) is 0 Å². The molecule has 1 saturated heterocycles. The molecule has 1 aromatic heterocycles. The lowest BCUT2D eigenvalue weighted by Gasteiger charge is -2.34. The van der Waals surface area contributed by atoms with Crippen molar-refractivity contribution >= 4 is 39.2 Å². The number of H-pyrrole nitrogens is 1. The molecule has 2 heterocycles. The summed E-state index contributed by atoms with van der Waals surface area (Å²) in [4.78, 5) is 16.6. The first kappa shape index (κ1) is 16.8. The molecule has 0 saturated carbocycles. The van der Waals surface area contributed by atoms with Crippen molar-refractivity contribution in [3.63, 3.8) is 0 Å². The number of hydrogen-bond acceptors (Lipinski definition) is 4. The van der Waals surface area contributed by atoms with Gasteiger partial charge in [0.05, 0.1) is 11.2 Å². The average molecular weight is 345 g/mol. The first-order valence-electron chi connectivity index (χ1n) is 6.60. The summed E-state index contributed by atoms with van der Waals surface area (Å²) in [7, 11) is -3.64. The summed E-state index contributed by atoms with van der Waals surface area (Å²) in [5, 5.41) is 6.08. The summed E-state index contributed by atoms with van der Waals surface area (Å²) in [6.45, 7) is 1.65. The summed E-state index contributed by atoms with van der Waals surface area (Å²) in [5.41, 5.74) is 1.43. The van der Waals surface area contributed by atoms with Crippen LogP contribution in [0.5, 0.6) is 0 Å². The number of halogens is 1. The highest BCUT2D eigenvalue weighted by Crippen LogP contribution is 2.24. The van der Waals surface area contributed by atoms with E-state index in [4.69, 9.17) is 5.14 Å². The quantitative estimate of drug-likeness (QED) is 0.817. The highest BCUT2D eigenvalue weighted by atomic mass is 35.5. The van der Waals surface area contributed by atoms with Crippen LogP contribution in [-0.2, 0) is 10.2 Å². The lowest BCUT2D eigenvalue weighted by Crippen LogP contribution is -2.50. The highest BCUT2D eigenvalue weighted by Gasteiger charge is 2.24. The van der Waals surface area contributed by atoms with E-state index in [2.05, 4.69) is 4.98 Å². The summed E-state index contributed by atoms with van der Waals surface area (Å²) < 4.78 is 23.9. The van der Waals surface area contributed by atoms with Crippen LogP contribution in [-0.4, -0.2) is 43.9 Å². The molecular formula is C13H17ClN4O3S. The Morgan fingerprint density at radius 1 is 1.09 bits per heavy atom. The Morgan fingerprint density at radius 3 is 2.36 bits per heavy atom. The second kappa shape index (κ2) is 6.25. The van der Waals surface area contributed by atoms with Crippen molar-refractivity contribution in [2.75, 3.05) is 31.1 Å². The van der Waals surface area contributed by atoms with E-state index < -0.39 is 10.2 Å². The minimum Gasteiger partial charge on any atom is -0.368 e. The van der Waals surface area contributed by atoms with Gasteiger partial charge in [-0.05, 0) is 6.07 Å². The largest absolute Gasteiger partial charge is 0.368 e. The van der Waals surface area contributed by atoms with Crippen LogP contribution >= 0.6 is 12.4 Å². The molecule has 0 atom stereocenters. The number of aromatic amines is 1. The van der Waals surface area contributed by atoms with Gasteiger partial charge in [0.15, 0.2) is 0 Å². The number of benzene rings is 1. The van der Waals surface area contributed by atoms with Crippen LogP contribution < -0.4 is 15.6 Å². The molecule has 3 N–H and O–H groups in total. The number of hydrogen-bond donors (Lipinski definition) is 2. The van der Waals surface area contributed by atoms with Gasteiger partial charge in [0, 0.05) is 37.6 Å². The van der Waals surface area contributed by atoms with Crippen LogP contribution in [0.1, 0.15) is 0 Å². The molecule has 0 bridgehead atoms. The number of piperazine rings is 1. The Balaban J connectivity index is 0.00000176. The molecule has 9 heteroatoms. The average Bonchev–Trinajstić information content (AvgIpc) is 2.45. The van der Waals surface area contributed by atoms with E-state index in [1.165, 1.54) is 4.31 Å². The third-order valence-electron chi connectivity index (χ3n) is 3.67. The van der Waals surface area contributed by atoms with E-state index in [-0.39, 0.29) is 18.0 Å². The van der Waals surface area contributed by atoms with Crippen molar-refractivity contribution in [3.8, 4) is 0 Å². The fraction of sp³-hybridized carbons (Fsp3) is 0.308. The molecule has 3 rings (SSSR count). The Bertz CT molecular complexity index is 829. The Morgan fingerprint density at radius 2 is 1.73 bits per heavy atom. The van der Waals surface area contributed by atoms with Gasteiger partial charge in [-0.15, -0.1) is 12.4 Å². The van der Waals surface area contributed by atoms with Gasteiger partial charge in [0.25, 0.3) is 10.2 Å². The first-order chi connectivity index (χ1) is 9.95. The summed E-state index contributed by atoms with van der Waals surface area (Å²) in [6.07, 6.45) is 0. The topological polar surface area (TPSA) is 99.5 Å². The molecule has 2 aromatic rings. The number of aromatic nitrogens is 1. The number of anilines is 1. The van der Waals surface area contributed by atoms with Crippen molar-refractivity contribution in [1.82, 2.24) is 9.29 Å². The zero-order valence-corrected chi connectivity index (χ0v) is 13.4. The van der Waals surface area contributed by atoms with Crippen molar-refractivity contribution in [2.24, 2.45) is 5.14 Å². The smallest absolute Gasteiger partial charge is 0.277 e. The normalized spacial score (nSPS) is 16.5. The molecule has 22 heavy (non-hydrogen) atoms. The molecular weight excluding hydrogens is 328 g/mol. The second-order valence-corrected chi connectivity index (χ2v) is 6.54. The Hall–Kier alpha value is -1.61. The van der Waals surface area contributed by atoms with Crippen molar-refractivity contribution in [2.45, 2.75) is 0 Å². The summed E-state index contributed by atoms with van der Waals surface area (Å²) >= 11 is 0. The van der Waals surface area contributed by atoms with E-state index in [0.717, 1.165) is 16.6 Å². The van der Waals surface area contributed by atoms with Crippen LogP contribution in [0.25, 0.3) is 10.9 Å². The van der Waals surface area contributed by atoms with Crippen molar-refractivity contribution < 1.29 is 8.42 Å². The predicted molar refractivity (Wildman–Crippen MR) is 88.7 cm³/mol. The van der Waals surface area contributed by atoms with E-state index in [1.54, 1.807) is 6.07 Å². The van der Waals surface area contributed by atoms with Gasteiger partial charge in [-0.2, -0.15) is 12.7 Å². The third-order valence-corrected chi connectivity index (χ3v) is 4.75. The van der Waals surface area contributed by atoms with Gasteiger partial charge in [0.2, 0.25) is 5.56 Å². The van der Waals surface area contributed by atoms with Crippen LogP contribution in [0.15, 0.2) is 35.1 Å². The minimum absolute atomic E-state index is 0. The van der Waals surface area contributed by atoms with E-state index in [9.17, 15) is 13.2 Å². The number of rotatable bonds is 2. The van der Waals surface area contributed by atoms with Gasteiger partial charge >= 0.3 is 0 Å². The zero-order valence-electron chi connectivity index (χ0n) is 11.7. The van der Waals surface area contributed by atoms with E-state index in [1.807, 2.05) is 29.2 Å². The monoisotopic (exact) mass is 344 g/mol. The van der Waals surface area contributed by atoms with Crippen LogP contribution in [0, 0.1) is 0 Å². The molecule has 0 radical (unpaired) electrons. The highest BCUT2D eigenvalue weighted by molar-refractivity contribution is 7.86. The maximum Gasteiger partial charge on any atom is 0.277 e. The number of nitrogens with two attached hydrogens (primary N) is 1. The molecule has 1 aromatic carbocycles. The Labute approximate surface area is 134 Å². The predicted octanol–water partition coefficient (Wildman–Crippen LogP) is 0.275. The number of pyridine rings is 1. The van der Waals surface area contributed by atoms with Crippen LogP contribution in [0.3, 0.4) is 0 Å². The fourth-order valence-corrected chi connectivity index (χ4v) is 3.30. The SMILES string of the molecule is Cl.NS(=O)(=O)N1CCN(c2cc(=O)[nH]c3ccccc23)CC1. The van der Waals surface area contributed by atoms with E-state index in [0.29, 0.717) is 26.2 Å². The molecule has 1 aliphatic heterocycles. The van der Waals surface area contributed by atoms with Gasteiger partial charge < -0.3 is 9.88 Å². The maximum atomic E-state index is 11.8. The molecule has 0 aliphatic carbocycles. The van der Waals surface area contributed by atoms with Gasteiger partial charge in [0.1, 0.15) is 0 Å². The lowest BCUT2D eigenvalue weighted by molar-refractivity contribution is 0.386. The number of nitrogens with one attached hydrogen (secondary N) is 1. The third kappa shape index (κ3) is 3.25. The zero-order chi connectivity index (χ0) is 15.0. The number of nitrogens with zero attached hydrogens (tertiary/aromatic N) is 2. The molecule has 1 aliphatic rings. The summed E-state index contributed by atoms with van der Waals surface area (Å²) in [6, 6.07) is 9.11.